The van der Waals surface area contributed by atoms with Gasteiger partial charge < -0.3 is 16.2 Å². The van der Waals surface area contributed by atoms with Crippen LogP contribution in [0, 0.1) is 0 Å². The van der Waals surface area contributed by atoms with Gasteiger partial charge in [0, 0.05) is 24.9 Å². The molecule has 3 atom stereocenters. The van der Waals surface area contributed by atoms with Crippen molar-refractivity contribution in [1.29, 1.82) is 0 Å². The summed E-state index contributed by atoms with van der Waals surface area (Å²) in [7, 11) is 0. The van der Waals surface area contributed by atoms with Crippen LogP contribution in [0.1, 0.15) is 23.6 Å². The second-order valence-electron chi connectivity index (χ2n) is 6.24. The Kier molecular flexibility index (Phi) is 5.45. The molecule has 0 aliphatic carbocycles. The fraction of sp³-hybridized carbons (Fsp3) is 0.278. The second-order valence-corrected chi connectivity index (χ2v) is 6.24. The fourth-order valence-electron chi connectivity index (χ4n) is 2.91. The van der Waals surface area contributed by atoms with E-state index < -0.39 is 18.0 Å². The molecule has 0 radical (unpaired) electrons. The number of primary amides is 1. The van der Waals surface area contributed by atoms with Crippen molar-refractivity contribution in [3.05, 3.63) is 59.9 Å². The number of nitrogens with one attached hydrogen (secondary N) is 3. The Bertz CT molecular complexity index is 766. The second kappa shape index (κ2) is 7.94. The van der Waals surface area contributed by atoms with Gasteiger partial charge in [-0.15, -0.1) is 0 Å². The summed E-state index contributed by atoms with van der Waals surface area (Å²) in [5.74, 6) is -0.767. The number of pyridine rings is 1. The number of hydrogen-bond donors (Lipinski definition) is 5. The number of benzene rings is 1. The maximum atomic E-state index is 12.5. The minimum atomic E-state index is -0.825. The summed E-state index contributed by atoms with van der Waals surface area (Å²) in [6.45, 7) is 0. The van der Waals surface area contributed by atoms with Crippen molar-refractivity contribution >= 4 is 11.8 Å². The molecule has 0 saturated carbocycles. The average molecular weight is 355 g/mol. The van der Waals surface area contributed by atoms with Gasteiger partial charge in [-0.05, 0) is 41.8 Å². The molecule has 2 unspecified atom stereocenters. The number of carbonyl (C=O) groups is 2. The number of hydrogen-bond acceptors (Lipinski definition) is 6. The molecule has 0 spiro atoms. The van der Waals surface area contributed by atoms with Crippen LogP contribution >= 0.6 is 0 Å². The van der Waals surface area contributed by atoms with Gasteiger partial charge in [-0.2, -0.15) is 0 Å². The van der Waals surface area contributed by atoms with Crippen molar-refractivity contribution in [2.75, 3.05) is 0 Å². The van der Waals surface area contributed by atoms with Crippen LogP contribution in [0.25, 0.3) is 0 Å². The molecule has 1 aliphatic rings. The van der Waals surface area contributed by atoms with E-state index in [1.165, 1.54) is 12.1 Å². The van der Waals surface area contributed by atoms with Crippen molar-refractivity contribution in [3.8, 4) is 5.75 Å². The third-order valence-corrected chi connectivity index (χ3v) is 4.36. The van der Waals surface area contributed by atoms with Gasteiger partial charge >= 0.3 is 0 Å². The lowest BCUT2D eigenvalue weighted by Gasteiger charge is -2.18. The Balaban J connectivity index is 1.60. The number of aromatic nitrogens is 1. The number of nitrogens with two attached hydrogens (primary N) is 1. The van der Waals surface area contributed by atoms with E-state index in [-0.39, 0.29) is 24.1 Å². The molecule has 0 bridgehead atoms. The van der Waals surface area contributed by atoms with Gasteiger partial charge in [-0.1, -0.05) is 12.1 Å². The molecular weight excluding hydrogens is 334 g/mol. The van der Waals surface area contributed by atoms with Crippen LogP contribution in [0.5, 0.6) is 5.75 Å². The number of amides is 2. The van der Waals surface area contributed by atoms with E-state index in [2.05, 4.69) is 21.2 Å². The van der Waals surface area contributed by atoms with E-state index >= 15 is 0 Å². The summed E-state index contributed by atoms with van der Waals surface area (Å²) in [6, 6.07) is 8.88. The van der Waals surface area contributed by atoms with Gasteiger partial charge in [0.2, 0.25) is 11.8 Å². The minimum absolute atomic E-state index is 0.0159. The van der Waals surface area contributed by atoms with Crippen LogP contribution in [0.2, 0.25) is 0 Å². The molecule has 1 fully saturated rings. The monoisotopic (exact) mass is 355 g/mol. The zero-order valence-corrected chi connectivity index (χ0v) is 14.1. The molecule has 136 valence electrons. The van der Waals surface area contributed by atoms with Crippen molar-refractivity contribution in [2.45, 2.75) is 31.0 Å². The lowest BCUT2D eigenvalue weighted by molar-refractivity contribution is -0.128. The van der Waals surface area contributed by atoms with Crippen LogP contribution in [-0.2, 0) is 16.0 Å². The smallest absolute Gasteiger partial charge is 0.240 e. The van der Waals surface area contributed by atoms with Crippen molar-refractivity contribution in [3.63, 3.8) is 0 Å². The zero-order chi connectivity index (χ0) is 18.5. The first-order chi connectivity index (χ1) is 12.5. The first kappa shape index (κ1) is 17.8. The first-order valence-corrected chi connectivity index (χ1v) is 8.31. The van der Waals surface area contributed by atoms with E-state index in [0.29, 0.717) is 6.42 Å². The standard InChI is InChI=1S/C18H21N5O3/c19-17(25)15(9-11-1-3-13(24)4-2-11)21-18(26)16-10-14(22-23-16)12-5-7-20-8-6-12/h1-8,14-16,22-24H,9-10H2,(H2,19,25)(H,21,26)/t14?,15-,16?/m0/s1. The third kappa shape index (κ3) is 4.35. The third-order valence-electron chi connectivity index (χ3n) is 4.36. The molecule has 1 aromatic heterocycles. The molecule has 2 amide bonds. The van der Waals surface area contributed by atoms with Gasteiger partial charge in [0.25, 0.3) is 0 Å². The summed E-state index contributed by atoms with van der Waals surface area (Å²) in [5.41, 5.74) is 13.3. The molecule has 2 heterocycles. The van der Waals surface area contributed by atoms with Crippen molar-refractivity contribution in [1.82, 2.24) is 21.2 Å². The molecule has 2 aromatic rings. The summed E-state index contributed by atoms with van der Waals surface area (Å²) >= 11 is 0. The molecular formula is C18H21N5O3. The summed E-state index contributed by atoms with van der Waals surface area (Å²) in [4.78, 5) is 28.2. The van der Waals surface area contributed by atoms with Crippen molar-refractivity contribution < 1.29 is 14.7 Å². The van der Waals surface area contributed by atoms with E-state index in [4.69, 9.17) is 5.73 Å². The molecule has 1 aliphatic heterocycles. The molecule has 26 heavy (non-hydrogen) atoms. The summed E-state index contributed by atoms with van der Waals surface area (Å²) in [6.07, 6.45) is 4.20. The maximum absolute atomic E-state index is 12.5. The molecule has 8 nitrogen and oxygen atoms in total. The van der Waals surface area contributed by atoms with E-state index in [1.54, 1.807) is 24.5 Å². The molecule has 8 heteroatoms. The van der Waals surface area contributed by atoms with Crippen LogP contribution in [-0.4, -0.2) is 34.0 Å². The largest absolute Gasteiger partial charge is 0.508 e. The highest BCUT2D eigenvalue weighted by atomic mass is 16.3. The number of phenols is 1. The quantitative estimate of drug-likeness (QED) is 0.492. The highest BCUT2D eigenvalue weighted by Gasteiger charge is 2.32. The molecule has 1 aromatic carbocycles. The first-order valence-electron chi connectivity index (χ1n) is 8.31. The lowest BCUT2D eigenvalue weighted by Crippen LogP contribution is -2.52. The Morgan fingerprint density at radius 2 is 1.88 bits per heavy atom. The predicted molar refractivity (Wildman–Crippen MR) is 94.6 cm³/mol. The summed E-state index contributed by atoms with van der Waals surface area (Å²) in [5, 5.41) is 12.0. The number of rotatable bonds is 6. The number of phenolic OH excluding ortho intramolecular Hbond substituents is 1. The summed E-state index contributed by atoms with van der Waals surface area (Å²) < 4.78 is 0. The van der Waals surface area contributed by atoms with E-state index in [9.17, 15) is 14.7 Å². The molecule has 3 rings (SSSR count). The SMILES string of the molecule is NC(=O)[C@H](Cc1ccc(O)cc1)NC(=O)C1CC(c2ccncc2)NN1. The Morgan fingerprint density at radius 1 is 1.19 bits per heavy atom. The van der Waals surface area contributed by atoms with Crippen LogP contribution in [0.4, 0.5) is 0 Å². The number of carbonyl (C=O) groups excluding carboxylic acids is 2. The van der Waals surface area contributed by atoms with Gasteiger partial charge in [0.1, 0.15) is 17.8 Å². The maximum Gasteiger partial charge on any atom is 0.240 e. The fourth-order valence-corrected chi connectivity index (χ4v) is 2.91. The molecule has 6 N–H and O–H groups in total. The van der Waals surface area contributed by atoms with Crippen LogP contribution < -0.4 is 21.9 Å². The van der Waals surface area contributed by atoms with E-state index in [0.717, 1.165) is 11.1 Å². The highest BCUT2D eigenvalue weighted by molar-refractivity contribution is 5.89. The Labute approximate surface area is 150 Å². The van der Waals surface area contributed by atoms with Gasteiger partial charge in [-0.3, -0.25) is 14.6 Å². The average Bonchev–Trinajstić information content (AvgIpc) is 3.14. The van der Waals surface area contributed by atoms with Gasteiger partial charge in [0.15, 0.2) is 0 Å². The predicted octanol–water partition coefficient (Wildman–Crippen LogP) is -0.0924. The van der Waals surface area contributed by atoms with Crippen molar-refractivity contribution in [2.24, 2.45) is 5.73 Å². The van der Waals surface area contributed by atoms with E-state index in [1.807, 2.05) is 12.1 Å². The minimum Gasteiger partial charge on any atom is -0.508 e. The highest BCUT2D eigenvalue weighted by Crippen LogP contribution is 2.21. The van der Waals surface area contributed by atoms with Gasteiger partial charge in [-0.25, -0.2) is 10.9 Å². The van der Waals surface area contributed by atoms with Crippen LogP contribution in [0.3, 0.4) is 0 Å². The Morgan fingerprint density at radius 3 is 2.54 bits per heavy atom. The Hall–Kier alpha value is -2.97. The lowest BCUT2D eigenvalue weighted by atomic mass is 10.0. The van der Waals surface area contributed by atoms with Gasteiger partial charge in [0.05, 0.1) is 0 Å². The van der Waals surface area contributed by atoms with Crippen LogP contribution in [0.15, 0.2) is 48.8 Å². The topological polar surface area (TPSA) is 129 Å². The zero-order valence-electron chi connectivity index (χ0n) is 14.1. The normalized spacial score (nSPS) is 20.5. The number of aromatic hydroxyl groups is 1. The molecule has 1 saturated heterocycles. The number of hydrazine groups is 1. The number of nitrogens with zero attached hydrogens (tertiary/aromatic N) is 1.